The van der Waals surface area contributed by atoms with Gasteiger partial charge in [0.15, 0.2) is 0 Å². The number of hydrogen-bond acceptors (Lipinski definition) is 5. The standard InChI is InChI=1S/C15H19NO4/c1-10(8-13(17)20-15(2,3)4)14(18)19-12-7-5-6-11(16)9-12/h5-9H,16H2,1-4H3. The quantitative estimate of drug-likeness (QED) is 0.397. The number of anilines is 1. The molecule has 1 aromatic carbocycles. The molecule has 0 radical (unpaired) electrons. The average Bonchev–Trinajstić information content (AvgIpc) is 2.25. The van der Waals surface area contributed by atoms with E-state index < -0.39 is 17.5 Å². The molecule has 0 unspecified atom stereocenters. The van der Waals surface area contributed by atoms with Crippen LogP contribution in [0.1, 0.15) is 27.7 Å². The molecule has 0 fully saturated rings. The Morgan fingerprint density at radius 1 is 1.25 bits per heavy atom. The van der Waals surface area contributed by atoms with Crippen molar-refractivity contribution in [3.63, 3.8) is 0 Å². The number of carbonyl (C=O) groups is 2. The highest BCUT2D eigenvalue weighted by Crippen LogP contribution is 2.16. The Bertz CT molecular complexity index is 541. The Hall–Kier alpha value is -2.30. The van der Waals surface area contributed by atoms with Crippen LogP contribution in [-0.2, 0) is 14.3 Å². The maximum absolute atomic E-state index is 11.8. The molecule has 0 saturated carbocycles. The normalized spacial score (nSPS) is 11.9. The Morgan fingerprint density at radius 3 is 2.45 bits per heavy atom. The van der Waals surface area contributed by atoms with Crippen LogP contribution >= 0.6 is 0 Å². The largest absolute Gasteiger partial charge is 0.457 e. The fraction of sp³-hybridized carbons (Fsp3) is 0.333. The van der Waals surface area contributed by atoms with Crippen molar-refractivity contribution in [3.8, 4) is 5.75 Å². The van der Waals surface area contributed by atoms with Crippen molar-refractivity contribution in [2.45, 2.75) is 33.3 Å². The summed E-state index contributed by atoms with van der Waals surface area (Å²) in [6.45, 7) is 6.73. The molecule has 0 spiro atoms. The first kappa shape index (κ1) is 15.8. The average molecular weight is 277 g/mol. The fourth-order valence-electron chi connectivity index (χ4n) is 1.33. The molecular weight excluding hydrogens is 258 g/mol. The van der Waals surface area contributed by atoms with E-state index in [-0.39, 0.29) is 5.57 Å². The van der Waals surface area contributed by atoms with Gasteiger partial charge in [-0.2, -0.15) is 0 Å². The van der Waals surface area contributed by atoms with Crippen LogP contribution in [0.3, 0.4) is 0 Å². The molecule has 0 aromatic heterocycles. The molecule has 1 aromatic rings. The molecule has 0 aliphatic carbocycles. The summed E-state index contributed by atoms with van der Waals surface area (Å²) in [6.07, 6.45) is 1.11. The zero-order chi connectivity index (χ0) is 15.3. The second-order valence-corrected chi connectivity index (χ2v) is 5.32. The third-order valence-corrected chi connectivity index (χ3v) is 2.13. The van der Waals surface area contributed by atoms with E-state index in [0.717, 1.165) is 6.08 Å². The third-order valence-electron chi connectivity index (χ3n) is 2.13. The van der Waals surface area contributed by atoms with Gasteiger partial charge in [-0.25, -0.2) is 9.59 Å². The fourth-order valence-corrected chi connectivity index (χ4v) is 1.33. The van der Waals surface area contributed by atoms with E-state index in [1.807, 2.05) is 0 Å². The lowest BCUT2D eigenvalue weighted by molar-refractivity contribution is -0.149. The van der Waals surface area contributed by atoms with Crippen LogP contribution in [-0.4, -0.2) is 17.5 Å². The first-order valence-corrected chi connectivity index (χ1v) is 6.16. The van der Waals surface area contributed by atoms with Gasteiger partial charge in [0.25, 0.3) is 0 Å². The molecule has 2 N–H and O–H groups in total. The number of rotatable bonds is 3. The van der Waals surface area contributed by atoms with Gasteiger partial charge in [-0.3, -0.25) is 0 Å². The van der Waals surface area contributed by atoms with E-state index in [4.69, 9.17) is 15.2 Å². The van der Waals surface area contributed by atoms with Gasteiger partial charge < -0.3 is 15.2 Å². The number of benzene rings is 1. The molecule has 0 aliphatic heterocycles. The van der Waals surface area contributed by atoms with E-state index in [1.54, 1.807) is 39.0 Å². The van der Waals surface area contributed by atoms with Crippen molar-refractivity contribution in [3.05, 3.63) is 35.9 Å². The van der Waals surface area contributed by atoms with Crippen molar-refractivity contribution in [1.29, 1.82) is 0 Å². The zero-order valence-corrected chi connectivity index (χ0v) is 12.1. The minimum Gasteiger partial charge on any atom is -0.457 e. The van der Waals surface area contributed by atoms with Gasteiger partial charge in [0.2, 0.25) is 0 Å². The molecule has 5 heteroatoms. The number of nitrogen functional groups attached to an aromatic ring is 1. The van der Waals surface area contributed by atoms with Crippen LogP contribution in [0.5, 0.6) is 5.75 Å². The van der Waals surface area contributed by atoms with Crippen LogP contribution in [0.15, 0.2) is 35.9 Å². The summed E-state index contributed by atoms with van der Waals surface area (Å²) in [5.41, 5.74) is 5.62. The highest BCUT2D eigenvalue weighted by Gasteiger charge is 2.16. The smallest absolute Gasteiger partial charge is 0.339 e. The van der Waals surface area contributed by atoms with Crippen molar-refractivity contribution in [1.82, 2.24) is 0 Å². The molecule has 5 nitrogen and oxygen atoms in total. The molecule has 108 valence electrons. The van der Waals surface area contributed by atoms with Crippen LogP contribution in [0.4, 0.5) is 5.69 Å². The molecule has 20 heavy (non-hydrogen) atoms. The van der Waals surface area contributed by atoms with Gasteiger partial charge in [0.05, 0.1) is 0 Å². The Kier molecular flexibility index (Phi) is 4.91. The topological polar surface area (TPSA) is 78.6 Å². The molecule has 0 saturated heterocycles. The summed E-state index contributed by atoms with van der Waals surface area (Å²) in [7, 11) is 0. The summed E-state index contributed by atoms with van der Waals surface area (Å²) in [4.78, 5) is 23.3. The minimum absolute atomic E-state index is 0.154. The van der Waals surface area contributed by atoms with E-state index in [0.29, 0.717) is 11.4 Å². The Morgan fingerprint density at radius 2 is 1.90 bits per heavy atom. The lowest BCUT2D eigenvalue weighted by Crippen LogP contribution is -2.23. The van der Waals surface area contributed by atoms with Crippen LogP contribution < -0.4 is 10.5 Å². The van der Waals surface area contributed by atoms with Crippen LogP contribution in [0, 0.1) is 0 Å². The van der Waals surface area contributed by atoms with E-state index in [1.165, 1.54) is 13.0 Å². The number of carbonyl (C=O) groups excluding carboxylic acids is 2. The second kappa shape index (κ2) is 6.23. The lowest BCUT2D eigenvalue weighted by Gasteiger charge is -2.18. The van der Waals surface area contributed by atoms with Gasteiger partial charge in [0.1, 0.15) is 11.4 Å². The van der Waals surface area contributed by atoms with Gasteiger partial charge >= 0.3 is 11.9 Å². The van der Waals surface area contributed by atoms with Crippen molar-refractivity contribution in [2.75, 3.05) is 5.73 Å². The number of hydrogen-bond donors (Lipinski definition) is 1. The van der Waals surface area contributed by atoms with Crippen molar-refractivity contribution in [2.24, 2.45) is 0 Å². The van der Waals surface area contributed by atoms with E-state index in [9.17, 15) is 9.59 Å². The SMILES string of the molecule is CC(=CC(=O)OC(C)(C)C)C(=O)Oc1cccc(N)c1. The third kappa shape index (κ3) is 5.56. The lowest BCUT2D eigenvalue weighted by atomic mass is 10.2. The van der Waals surface area contributed by atoms with Gasteiger partial charge in [-0.1, -0.05) is 6.07 Å². The predicted molar refractivity (Wildman–Crippen MR) is 76.1 cm³/mol. The minimum atomic E-state index is -0.624. The first-order valence-electron chi connectivity index (χ1n) is 6.16. The summed E-state index contributed by atoms with van der Waals surface area (Å²) in [5.74, 6) is -0.882. The summed E-state index contributed by atoms with van der Waals surface area (Å²) >= 11 is 0. The van der Waals surface area contributed by atoms with Crippen molar-refractivity contribution >= 4 is 17.6 Å². The number of esters is 2. The molecule has 0 bridgehead atoms. The maximum Gasteiger partial charge on any atom is 0.339 e. The number of nitrogens with two attached hydrogens (primary N) is 1. The summed E-state index contributed by atoms with van der Waals surface area (Å²) in [5, 5.41) is 0. The maximum atomic E-state index is 11.8. The highest BCUT2D eigenvalue weighted by atomic mass is 16.6. The van der Waals surface area contributed by atoms with Crippen molar-refractivity contribution < 1.29 is 19.1 Å². The van der Waals surface area contributed by atoms with Crippen LogP contribution in [0.25, 0.3) is 0 Å². The summed E-state index contributed by atoms with van der Waals surface area (Å²) < 4.78 is 10.2. The Labute approximate surface area is 118 Å². The monoisotopic (exact) mass is 277 g/mol. The molecule has 0 aliphatic rings. The molecule has 1 rings (SSSR count). The molecule has 0 amide bonds. The van der Waals surface area contributed by atoms with Gasteiger partial charge in [-0.05, 0) is 39.8 Å². The summed E-state index contributed by atoms with van der Waals surface area (Å²) in [6, 6.07) is 6.49. The second-order valence-electron chi connectivity index (χ2n) is 5.32. The van der Waals surface area contributed by atoms with E-state index >= 15 is 0 Å². The predicted octanol–water partition coefficient (Wildman–Crippen LogP) is 2.46. The first-order chi connectivity index (χ1) is 9.17. The molecule has 0 heterocycles. The molecule has 0 atom stereocenters. The van der Waals surface area contributed by atoms with Gasteiger partial charge in [-0.15, -0.1) is 0 Å². The van der Waals surface area contributed by atoms with Crippen LogP contribution in [0.2, 0.25) is 0 Å². The van der Waals surface area contributed by atoms with Gasteiger partial charge in [0, 0.05) is 23.4 Å². The molecular formula is C15H19NO4. The van der Waals surface area contributed by atoms with E-state index in [2.05, 4.69) is 0 Å². The Balaban J connectivity index is 2.69. The number of ether oxygens (including phenoxy) is 2. The zero-order valence-electron chi connectivity index (χ0n) is 12.1. The highest BCUT2D eigenvalue weighted by molar-refractivity contribution is 5.96.